The maximum atomic E-state index is 12.9. The number of benzene rings is 1. The van der Waals surface area contributed by atoms with Crippen molar-refractivity contribution in [3.63, 3.8) is 0 Å². The van der Waals surface area contributed by atoms with E-state index in [1.165, 1.54) is 0 Å². The number of halogens is 1. The van der Waals surface area contributed by atoms with Crippen LogP contribution in [0.15, 0.2) is 17.0 Å². The minimum Gasteiger partial charge on any atom is -0.507 e. The van der Waals surface area contributed by atoms with Crippen molar-refractivity contribution in [3.05, 3.63) is 23.5 Å². The number of aromatic carboxylic acids is 1. The highest BCUT2D eigenvalue weighted by molar-refractivity contribution is 7.98. The Morgan fingerprint density at radius 2 is 2.15 bits per heavy atom. The average molecular weight is 202 g/mol. The van der Waals surface area contributed by atoms with E-state index in [4.69, 9.17) is 10.2 Å². The average Bonchev–Trinajstić information content (AvgIpc) is 2.03. The van der Waals surface area contributed by atoms with E-state index in [2.05, 4.69) is 0 Å². The van der Waals surface area contributed by atoms with Gasteiger partial charge in [-0.2, -0.15) is 0 Å². The standard InChI is InChI=1S/C8H7FO3S/c1-13-7-2-4(8(11)12)5(9)3-6(7)10/h2-3,10H,1H3,(H,11,12). The SMILES string of the molecule is CSc1cc(C(=O)O)c(F)cc1O. The van der Waals surface area contributed by atoms with Gasteiger partial charge >= 0.3 is 5.97 Å². The van der Waals surface area contributed by atoms with E-state index in [0.717, 1.165) is 23.9 Å². The monoisotopic (exact) mass is 202 g/mol. The lowest BCUT2D eigenvalue weighted by Gasteiger charge is -2.03. The number of aromatic hydroxyl groups is 1. The van der Waals surface area contributed by atoms with Gasteiger partial charge in [-0.05, 0) is 12.3 Å². The van der Waals surface area contributed by atoms with Gasteiger partial charge in [-0.15, -0.1) is 11.8 Å². The summed E-state index contributed by atoms with van der Waals surface area (Å²) in [4.78, 5) is 10.8. The molecular formula is C8H7FO3S. The Balaban J connectivity index is 3.30. The summed E-state index contributed by atoms with van der Waals surface area (Å²) in [5.74, 6) is -2.51. The van der Waals surface area contributed by atoms with E-state index in [1.807, 2.05) is 0 Å². The van der Waals surface area contributed by atoms with Crippen LogP contribution in [0, 0.1) is 5.82 Å². The van der Waals surface area contributed by atoms with Crippen molar-refractivity contribution < 1.29 is 19.4 Å². The Morgan fingerprint density at radius 3 is 2.62 bits per heavy atom. The highest BCUT2D eigenvalue weighted by Crippen LogP contribution is 2.29. The van der Waals surface area contributed by atoms with Crippen molar-refractivity contribution >= 4 is 17.7 Å². The van der Waals surface area contributed by atoms with Crippen LogP contribution in [0.2, 0.25) is 0 Å². The summed E-state index contributed by atoms with van der Waals surface area (Å²) in [5, 5.41) is 17.7. The minimum atomic E-state index is -1.34. The van der Waals surface area contributed by atoms with Crippen molar-refractivity contribution in [2.24, 2.45) is 0 Å². The molecule has 0 spiro atoms. The van der Waals surface area contributed by atoms with Crippen LogP contribution in [0.25, 0.3) is 0 Å². The fourth-order valence-electron chi connectivity index (χ4n) is 0.870. The molecule has 0 heterocycles. The molecule has 0 amide bonds. The zero-order valence-electron chi connectivity index (χ0n) is 6.74. The lowest BCUT2D eigenvalue weighted by Crippen LogP contribution is -2.00. The molecule has 1 aromatic carbocycles. The summed E-state index contributed by atoms with van der Waals surface area (Å²) in [6.45, 7) is 0. The van der Waals surface area contributed by atoms with Crippen molar-refractivity contribution in [3.8, 4) is 5.75 Å². The van der Waals surface area contributed by atoms with E-state index in [1.54, 1.807) is 6.26 Å². The van der Waals surface area contributed by atoms with Crippen molar-refractivity contribution in [1.29, 1.82) is 0 Å². The highest BCUT2D eigenvalue weighted by atomic mass is 32.2. The number of phenols is 1. The van der Waals surface area contributed by atoms with Crippen LogP contribution < -0.4 is 0 Å². The van der Waals surface area contributed by atoms with Crippen LogP contribution in [-0.4, -0.2) is 22.4 Å². The van der Waals surface area contributed by atoms with Crippen LogP contribution in [-0.2, 0) is 0 Å². The number of hydrogen-bond acceptors (Lipinski definition) is 3. The predicted octanol–water partition coefficient (Wildman–Crippen LogP) is 1.95. The molecule has 0 aromatic heterocycles. The molecule has 0 atom stereocenters. The Bertz CT molecular complexity index is 351. The van der Waals surface area contributed by atoms with E-state index in [9.17, 15) is 9.18 Å². The molecule has 0 saturated heterocycles. The Morgan fingerprint density at radius 1 is 1.54 bits per heavy atom. The van der Waals surface area contributed by atoms with Gasteiger partial charge in [0, 0.05) is 11.0 Å². The summed E-state index contributed by atoms with van der Waals surface area (Å²) in [7, 11) is 0. The molecule has 0 aliphatic heterocycles. The molecule has 0 aliphatic carbocycles. The molecule has 13 heavy (non-hydrogen) atoms. The number of thioether (sulfide) groups is 1. The van der Waals surface area contributed by atoms with Gasteiger partial charge in [0.05, 0.1) is 5.56 Å². The largest absolute Gasteiger partial charge is 0.507 e. The molecule has 2 N–H and O–H groups in total. The normalized spacial score (nSPS) is 10.0. The summed E-state index contributed by atoms with van der Waals surface area (Å²) < 4.78 is 12.9. The van der Waals surface area contributed by atoms with Crippen LogP contribution >= 0.6 is 11.8 Å². The number of rotatable bonds is 2. The molecule has 1 rings (SSSR count). The third-order valence-corrected chi connectivity index (χ3v) is 2.27. The molecule has 0 aliphatic rings. The van der Waals surface area contributed by atoms with Crippen LogP contribution in [0.5, 0.6) is 5.75 Å². The van der Waals surface area contributed by atoms with Gasteiger partial charge in [-0.3, -0.25) is 0 Å². The van der Waals surface area contributed by atoms with Crippen LogP contribution in [0.1, 0.15) is 10.4 Å². The first-order chi connectivity index (χ1) is 6.06. The van der Waals surface area contributed by atoms with Gasteiger partial charge in [0.1, 0.15) is 11.6 Å². The number of carboxylic acid groups (broad SMARTS) is 1. The molecule has 1 aromatic rings. The minimum absolute atomic E-state index is 0.241. The maximum Gasteiger partial charge on any atom is 0.338 e. The van der Waals surface area contributed by atoms with Crippen molar-refractivity contribution in [2.75, 3.05) is 6.26 Å². The smallest absolute Gasteiger partial charge is 0.338 e. The lowest BCUT2D eigenvalue weighted by atomic mass is 10.2. The Labute approximate surface area is 78.2 Å². The third kappa shape index (κ3) is 1.92. The van der Waals surface area contributed by atoms with Gasteiger partial charge in [0.15, 0.2) is 0 Å². The molecule has 5 heteroatoms. The lowest BCUT2D eigenvalue weighted by molar-refractivity contribution is 0.0691. The van der Waals surface area contributed by atoms with Gasteiger partial charge in [0.25, 0.3) is 0 Å². The summed E-state index contributed by atoms with van der Waals surface area (Å²) in [6, 6.07) is 1.91. The molecule has 0 unspecified atom stereocenters. The van der Waals surface area contributed by atoms with E-state index in [-0.39, 0.29) is 5.75 Å². The third-order valence-electron chi connectivity index (χ3n) is 1.50. The first-order valence-corrected chi connectivity index (χ1v) is 4.58. The second-order valence-electron chi connectivity index (χ2n) is 2.31. The zero-order valence-corrected chi connectivity index (χ0v) is 7.56. The molecular weight excluding hydrogens is 195 g/mol. The predicted molar refractivity (Wildman–Crippen MR) is 46.8 cm³/mol. The van der Waals surface area contributed by atoms with Gasteiger partial charge in [0.2, 0.25) is 0 Å². The van der Waals surface area contributed by atoms with Crippen LogP contribution in [0.4, 0.5) is 4.39 Å². The van der Waals surface area contributed by atoms with E-state index >= 15 is 0 Å². The molecule has 0 saturated carbocycles. The molecule has 0 fully saturated rings. The summed E-state index contributed by atoms with van der Waals surface area (Å²) in [6.07, 6.45) is 1.67. The Kier molecular flexibility index (Phi) is 2.77. The number of phenolic OH excluding ortho intramolecular Hbond substituents is 1. The maximum absolute atomic E-state index is 12.9. The second-order valence-corrected chi connectivity index (χ2v) is 3.16. The molecule has 0 radical (unpaired) electrons. The van der Waals surface area contributed by atoms with Crippen molar-refractivity contribution in [1.82, 2.24) is 0 Å². The topological polar surface area (TPSA) is 57.5 Å². The van der Waals surface area contributed by atoms with Gasteiger partial charge in [-0.25, -0.2) is 9.18 Å². The fraction of sp³-hybridized carbons (Fsp3) is 0.125. The number of hydrogen-bond donors (Lipinski definition) is 2. The van der Waals surface area contributed by atoms with E-state index in [0.29, 0.717) is 4.90 Å². The number of carboxylic acids is 1. The van der Waals surface area contributed by atoms with Crippen LogP contribution in [0.3, 0.4) is 0 Å². The molecule has 70 valence electrons. The van der Waals surface area contributed by atoms with E-state index < -0.39 is 17.3 Å². The fourth-order valence-corrected chi connectivity index (χ4v) is 1.37. The summed E-state index contributed by atoms with van der Waals surface area (Å²) >= 11 is 1.16. The quantitative estimate of drug-likeness (QED) is 0.719. The van der Waals surface area contributed by atoms with Gasteiger partial charge in [-0.1, -0.05) is 0 Å². The first-order valence-electron chi connectivity index (χ1n) is 3.36. The Hall–Kier alpha value is -1.23. The van der Waals surface area contributed by atoms with Crippen molar-refractivity contribution in [2.45, 2.75) is 4.90 Å². The highest BCUT2D eigenvalue weighted by Gasteiger charge is 2.13. The second kappa shape index (κ2) is 3.66. The number of carbonyl (C=O) groups is 1. The first kappa shape index (κ1) is 9.85. The summed E-state index contributed by atoms with van der Waals surface area (Å²) in [5.41, 5.74) is -0.429. The van der Waals surface area contributed by atoms with Gasteiger partial charge < -0.3 is 10.2 Å². The molecule has 0 bridgehead atoms. The molecule has 3 nitrogen and oxygen atoms in total. The zero-order chi connectivity index (χ0) is 10.0.